The van der Waals surface area contributed by atoms with Gasteiger partial charge in [-0.3, -0.25) is 0 Å². The summed E-state index contributed by atoms with van der Waals surface area (Å²) in [7, 11) is 1.60. The van der Waals surface area contributed by atoms with Gasteiger partial charge in [0.05, 0.1) is 12.5 Å². The van der Waals surface area contributed by atoms with Crippen LogP contribution in [0.5, 0.6) is 0 Å². The molecule has 1 N–H and O–H groups in total. The van der Waals surface area contributed by atoms with Crippen LogP contribution in [0.1, 0.15) is 37.6 Å². The molecule has 15 heavy (non-hydrogen) atoms. The smallest absolute Gasteiger partial charge is 0.229 e. The first-order valence-electron chi connectivity index (χ1n) is 5.24. The van der Waals surface area contributed by atoms with Crippen molar-refractivity contribution in [3.63, 3.8) is 0 Å². The Morgan fingerprint density at radius 1 is 1.60 bits per heavy atom. The van der Waals surface area contributed by atoms with Crippen LogP contribution in [-0.2, 0) is 11.2 Å². The number of hydrogen-bond donors (Lipinski definition) is 1. The molecule has 0 aromatic carbocycles. The lowest BCUT2D eigenvalue weighted by atomic mass is 10.2. The van der Waals surface area contributed by atoms with Gasteiger partial charge in [-0.05, 0) is 25.7 Å². The maximum Gasteiger partial charge on any atom is 0.229 e. The average Bonchev–Trinajstić information content (AvgIpc) is 2.99. The molecule has 1 aliphatic rings. The van der Waals surface area contributed by atoms with Crippen molar-refractivity contribution in [2.24, 2.45) is 5.92 Å². The van der Waals surface area contributed by atoms with Crippen molar-refractivity contribution in [3.05, 3.63) is 11.7 Å². The van der Waals surface area contributed by atoms with Gasteiger partial charge in [-0.2, -0.15) is 4.98 Å². The Balaban J connectivity index is 1.94. The summed E-state index contributed by atoms with van der Waals surface area (Å²) >= 11 is 0. The van der Waals surface area contributed by atoms with Crippen molar-refractivity contribution >= 4 is 0 Å². The molecule has 2 unspecified atom stereocenters. The van der Waals surface area contributed by atoms with Crippen molar-refractivity contribution < 1.29 is 14.4 Å². The Bertz CT molecular complexity index is 322. The number of nitrogens with zero attached hydrogens (tertiary/aromatic N) is 2. The van der Waals surface area contributed by atoms with Gasteiger partial charge in [0.1, 0.15) is 6.10 Å². The Morgan fingerprint density at radius 3 is 2.93 bits per heavy atom. The van der Waals surface area contributed by atoms with E-state index in [1.54, 1.807) is 7.11 Å². The number of aromatic nitrogens is 2. The Labute approximate surface area is 88.4 Å². The molecule has 1 heterocycles. The predicted octanol–water partition coefficient (Wildman–Crippen LogP) is 1.09. The fraction of sp³-hybridized carbons (Fsp3) is 0.800. The number of rotatable bonds is 5. The molecule has 1 aromatic rings. The molecule has 2 rings (SSSR count). The molecule has 0 amide bonds. The van der Waals surface area contributed by atoms with Gasteiger partial charge >= 0.3 is 0 Å². The minimum atomic E-state index is -0.337. The Morgan fingerprint density at radius 2 is 2.33 bits per heavy atom. The first-order valence-corrected chi connectivity index (χ1v) is 5.24. The second kappa shape index (κ2) is 4.28. The van der Waals surface area contributed by atoms with E-state index in [1.807, 2.05) is 6.92 Å². The average molecular weight is 212 g/mol. The minimum absolute atomic E-state index is 0.166. The molecule has 5 heteroatoms. The lowest BCUT2D eigenvalue weighted by molar-refractivity contribution is 0.109. The van der Waals surface area contributed by atoms with Gasteiger partial charge in [0.2, 0.25) is 5.89 Å². The zero-order valence-corrected chi connectivity index (χ0v) is 9.01. The highest BCUT2D eigenvalue weighted by Crippen LogP contribution is 2.33. The summed E-state index contributed by atoms with van der Waals surface area (Å²) in [6.45, 7) is 1.85. The third-order valence-corrected chi connectivity index (χ3v) is 2.75. The van der Waals surface area contributed by atoms with Crippen LogP contribution in [0.2, 0.25) is 0 Å². The predicted molar refractivity (Wildman–Crippen MR) is 52.2 cm³/mol. The van der Waals surface area contributed by atoms with E-state index >= 15 is 0 Å². The van der Waals surface area contributed by atoms with E-state index in [0.717, 1.165) is 12.8 Å². The van der Waals surface area contributed by atoms with Crippen molar-refractivity contribution in [1.82, 2.24) is 10.1 Å². The fourth-order valence-electron chi connectivity index (χ4n) is 1.45. The topological polar surface area (TPSA) is 68.4 Å². The molecular formula is C10H16N2O3. The third-order valence-electron chi connectivity index (χ3n) is 2.75. The van der Waals surface area contributed by atoms with Crippen LogP contribution in [-0.4, -0.2) is 28.5 Å². The minimum Gasteiger partial charge on any atom is -0.392 e. The highest BCUT2D eigenvalue weighted by Gasteiger charge is 2.31. The zero-order valence-electron chi connectivity index (χ0n) is 9.01. The molecule has 84 valence electrons. The van der Waals surface area contributed by atoms with Crippen molar-refractivity contribution in [1.29, 1.82) is 0 Å². The van der Waals surface area contributed by atoms with E-state index in [9.17, 15) is 5.11 Å². The van der Waals surface area contributed by atoms with Crippen molar-refractivity contribution in [2.75, 3.05) is 7.11 Å². The molecule has 0 spiro atoms. The van der Waals surface area contributed by atoms with Crippen LogP contribution >= 0.6 is 0 Å². The van der Waals surface area contributed by atoms with Gasteiger partial charge in [0.25, 0.3) is 0 Å². The van der Waals surface area contributed by atoms with E-state index < -0.39 is 0 Å². The first-order chi connectivity index (χ1) is 7.20. The van der Waals surface area contributed by atoms with Crippen LogP contribution in [0.15, 0.2) is 4.52 Å². The number of aliphatic hydroxyl groups is 1. The number of ether oxygens (including phenoxy) is 1. The van der Waals surface area contributed by atoms with Crippen LogP contribution in [0.25, 0.3) is 0 Å². The lowest BCUT2D eigenvalue weighted by Gasteiger charge is -2.04. The van der Waals surface area contributed by atoms with Gasteiger partial charge < -0.3 is 14.4 Å². The molecular weight excluding hydrogens is 196 g/mol. The van der Waals surface area contributed by atoms with E-state index in [2.05, 4.69) is 10.1 Å². The SMILES string of the molecule is COC(C)c1noc(CC(O)C2CC2)n1. The summed E-state index contributed by atoms with van der Waals surface area (Å²) in [5.74, 6) is 1.46. The second-order valence-electron chi connectivity index (χ2n) is 4.03. The summed E-state index contributed by atoms with van der Waals surface area (Å²) in [4.78, 5) is 4.17. The zero-order chi connectivity index (χ0) is 10.8. The van der Waals surface area contributed by atoms with Gasteiger partial charge in [0, 0.05) is 7.11 Å². The van der Waals surface area contributed by atoms with E-state index in [1.165, 1.54) is 0 Å². The molecule has 0 aliphatic heterocycles. The summed E-state index contributed by atoms with van der Waals surface area (Å²) in [6.07, 6.45) is 2.16. The van der Waals surface area contributed by atoms with Gasteiger partial charge in [-0.15, -0.1) is 0 Å². The lowest BCUT2D eigenvalue weighted by Crippen LogP contribution is -2.13. The summed E-state index contributed by atoms with van der Waals surface area (Å²) in [5, 5.41) is 13.5. The summed E-state index contributed by atoms with van der Waals surface area (Å²) in [6, 6.07) is 0. The van der Waals surface area contributed by atoms with Crippen LogP contribution in [0.4, 0.5) is 0 Å². The molecule has 0 bridgehead atoms. The molecule has 1 saturated carbocycles. The molecule has 1 aromatic heterocycles. The standard InChI is InChI=1S/C10H16N2O3/c1-6(14-2)10-11-9(15-12-10)5-8(13)7-3-4-7/h6-8,13H,3-5H2,1-2H3. The van der Waals surface area contributed by atoms with Gasteiger partial charge in [0.15, 0.2) is 5.82 Å². The third kappa shape index (κ3) is 2.54. The van der Waals surface area contributed by atoms with Crippen LogP contribution in [0.3, 0.4) is 0 Å². The normalized spacial score (nSPS) is 20.2. The molecule has 1 aliphatic carbocycles. The quantitative estimate of drug-likeness (QED) is 0.791. The fourth-order valence-corrected chi connectivity index (χ4v) is 1.45. The number of methoxy groups -OCH3 is 1. The molecule has 2 atom stereocenters. The Hall–Kier alpha value is -0.940. The first kappa shape index (κ1) is 10.6. The van der Waals surface area contributed by atoms with E-state index in [4.69, 9.17) is 9.26 Å². The largest absolute Gasteiger partial charge is 0.392 e. The molecule has 5 nitrogen and oxygen atoms in total. The van der Waals surface area contributed by atoms with Crippen LogP contribution in [0, 0.1) is 5.92 Å². The van der Waals surface area contributed by atoms with Gasteiger partial charge in [-0.1, -0.05) is 5.16 Å². The van der Waals surface area contributed by atoms with Crippen molar-refractivity contribution in [3.8, 4) is 0 Å². The highest BCUT2D eigenvalue weighted by atomic mass is 16.5. The number of aliphatic hydroxyl groups excluding tert-OH is 1. The van der Waals surface area contributed by atoms with E-state index in [-0.39, 0.29) is 12.2 Å². The maximum absolute atomic E-state index is 9.69. The number of hydrogen-bond acceptors (Lipinski definition) is 5. The molecule has 0 saturated heterocycles. The Kier molecular flexibility index (Phi) is 3.02. The van der Waals surface area contributed by atoms with Gasteiger partial charge in [-0.25, -0.2) is 0 Å². The maximum atomic E-state index is 9.69. The summed E-state index contributed by atoms with van der Waals surface area (Å²) < 4.78 is 10.1. The molecule has 0 radical (unpaired) electrons. The van der Waals surface area contributed by atoms with Crippen LogP contribution < -0.4 is 0 Å². The second-order valence-corrected chi connectivity index (χ2v) is 4.03. The molecule has 1 fully saturated rings. The van der Waals surface area contributed by atoms with E-state index in [0.29, 0.717) is 24.1 Å². The summed E-state index contributed by atoms with van der Waals surface area (Å²) in [5.41, 5.74) is 0. The highest BCUT2D eigenvalue weighted by molar-refractivity contribution is 4.93. The van der Waals surface area contributed by atoms with Crippen molar-refractivity contribution in [2.45, 2.75) is 38.4 Å². The monoisotopic (exact) mass is 212 g/mol.